The van der Waals surface area contributed by atoms with Crippen molar-refractivity contribution in [2.45, 2.75) is 31.2 Å². The lowest BCUT2D eigenvalue weighted by Gasteiger charge is -2.37. The SMILES string of the molecule is CS(=O)(=O)N(Cc1cccnc1)C1CCCN(S(=O)(=O)Cc2cccc(F)c2)C1. The predicted octanol–water partition coefficient (Wildman–Crippen LogP) is 1.98. The molecule has 7 nitrogen and oxygen atoms in total. The Morgan fingerprint density at radius 3 is 2.59 bits per heavy atom. The van der Waals surface area contributed by atoms with Gasteiger partial charge in [0.15, 0.2) is 0 Å². The van der Waals surface area contributed by atoms with Crippen molar-refractivity contribution < 1.29 is 21.2 Å². The van der Waals surface area contributed by atoms with Crippen molar-refractivity contribution in [1.82, 2.24) is 13.6 Å². The fraction of sp³-hybridized carbons (Fsp3) is 0.421. The number of rotatable bonds is 7. The minimum atomic E-state index is -3.71. The first kappa shape index (κ1) is 21.8. The van der Waals surface area contributed by atoms with Gasteiger partial charge >= 0.3 is 0 Å². The predicted molar refractivity (Wildman–Crippen MR) is 108 cm³/mol. The lowest BCUT2D eigenvalue weighted by molar-refractivity contribution is 0.206. The smallest absolute Gasteiger partial charge is 0.218 e. The molecule has 0 spiro atoms. The highest BCUT2D eigenvalue weighted by atomic mass is 32.2. The normalized spacial score (nSPS) is 18.8. The second-order valence-corrected chi connectivity index (χ2v) is 11.1. The summed E-state index contributed by atoms with van der Waals surface area (Å²) in [7, 11) is -7.27. The summed E-state index contributed by atoms with van der Waals surface area (Å²) in [5.74, 6) is -0.812. The van der Waals surface area contributed by atoms with Gasteiger partial charge in [-0.3, -0.25) is 4.98 Å². The van der Waals surface area contributed by atoms with Crippen molar-refractivity contribution in [2.24, 2.45) is 0 Å². The Labute approximate surface area is 171 Å². The van der Waals surface area contributed by atoms with Gasteiger partial charge in [0.2, 0.25) is 20.0 Å². The fourth-order valence-corrected chi connectivity index (χ4v) is 6.21. The van der Waals surface area contributed by atoms with Crippen molar-refractivity contribution in [3.8, 4) is 0 Å². The van der Waals surface area contributed by atoms with Gasteiger partial charge in [-0.05, 0) is 42.2 Å². The fourth-order valence-electron chi connectivity index (χ4n) is 3.53. The number of hydrogen-bond acceptors (Lipinski definition) is 5. The van der Waals surface area contributed by atoms with E-state index in [0.717, 1.165) is 11.8 Å². The monoisotopic (exact) mass is 441 g/mol. The van der Waals surface area contributed by atoms with Crippen molar-refractivity contribution in [2.75, 3.05) is 19.3 Å². The van der Waals surface area contributed by atoms with E-state index in [1.807, 2.05) is 0 Å². The highest BCUT2D eigenvalue weighted by molar-refractivity contribution is 7.88. The standard InChI is InChI=1S/C19H24FN3O4S2/c1-28(24,25)23(13-17-6-3-9-21-12-17)19-8-4-10-22(14-19)29(26,27)15-16-5-2-7-18(20)11-16/h2-3,5-7,9,11-12,19H,4,8,10,13-15H2,1H3. The minimum absolute atomic E-state index is 0.0744. The van der Waals surface area contributed by atoms with Crippen LogP contribution >= 0.6 is 0 Å². The van der Waals surface area contributed by atoms with E-state index in [4.69, 9.17) is 0 Å². The number of pyridine rings is 1. The van der Waals surface area contributed by atoms with Gasteiger partial charge in [0.1, 0.15) is 5.82 Å². The first-order chi connectivity index (χ1) is 13.6. The van der Waals surface area contributed by atoms with Crippen LogP contribution in [0.25, 0.3) is 0 Å². The molecule has 2 heterocycles. The highest BCUT2D eigenvalue weighted by Gasteiger charge is 2.35. The van der Waals surface area contributed by atoms with Gasteiger partial charge in [-0.1, -0.05) is 18.2 Å². The van der Waals surface area contributed by atoms with E-state index in [-0.39, 0.29) is 18.8 Å². The molecule has 1 aliphatic rings. The molecule has 1 aromatic heterocycles. The van der Waals surface area contributed by atoms with Crippen LogP contribution in [0.5, 0.6) is 0 Å². The second-order valence-electron chi connectivity index (χ2n) is 7.21. The average Bonchev–Trinajstić information content (AvgIpc) is 2.66. The molecule has 3 rings (SSSR count). The Morgan fingerprint density at radius 1 is 1.17 bits per heavy atom. The Hall–Kier alpha value is -1.88. The maximum absolute atomic E-state index is 13.4. The quantitative estimate of drug-likeness (QED) is 0.656. The van der Waals surface area contributed by atoms with Gasteiger partial charge < -0.3 is 0 Å². The summed E-state index contributed by atoms with van der Waals surface area (Å²) in [4.78, 5) is 4.01. The molecular weight excluding hydrogens is 417 g/mol. The number of nitrogens with zero attached hydrogens (tertiary/aromatic N) is 3. The molecule has 10 heteroatoms. The molecule has 0 aliphatic carbocycles. The van der Waals surface area contributed by atoms with Crippen LogP contribution in [0.2, 0.25) is 0 Å². The molecule has 1 atom stereocenters. The van der Waals surface area contributed by atoms with E-state index in [9.17, 15) is 21.2 Å². The lowest BCUT2D eigenvalue weighted by Crippen LogP contribution is -2.51. The number of benzene rings is 1. The molecule has 1 aromatic carbocycles. The Balaban J connectivity index is 1.78. The van der Waals surface area contributed by atoms with Crippen LogP contribution in [-0.2, 0) is 32.3 Å². The Kier molecular flexibility index (Phi) is 6.67. The van der Waals surface area contributed by atoms with Crippen LogP contribution in [0.15, 0.2) is 48.8 Å². The Bertz CT molecular complexity index is 1050. The average molecular weight is 442 g/mol. The first-order valence-corrected chi connectivity index (χ1v) is 12.7. The van der Waals surface area contributed by atoms with E-state index in [1.54, 1.807) is 30.6 Å². The van der Waals surface area contributed by atoms with Crippen LogP contribution in [-0.4, -0.2) is 55.8 Å². The van der Waals surface area contributed by atoms with Gasteiger partial charge in [0, 0.05) is 38.1 Å². The van der Waals surface area contributed by atoms with E-state index < -0.39 is 31.9 Å². The molecule has 0 N–H and O–H groups in total. The molecule has 29 heavy (non-hydrogen) atoms. The third kappa shape index (κ3) is 5.81. The summed E-state index contributed by atoms with van der Waals surface area (Å²) >= 11 is 0. The zero-order valence-corrected chi connectivity index (χ0v) is 17.7. The largest absolute Gasteiger partial charge is 0.264 e. The van der Waals surface area contributed by atoms with Gasteiger partial charge in [-0.25, -0.2) is 25.5 Å². The highest BCUT2D eigenvalue weighted by Crippen LogP contribution is 2.24. The molecule has 0 bridgehead atoms. The third-order valence-corrected chi connectivity index (χ3v) is 7.98. The summed E-state index contributed by atoms with van der Waals surface area (Å²) in [5, 5.41) is 0. The summed E-state index contributed by atoms with van der Waals surface area (Å²) in [6, 6.07) is 8.53. The summed E-state index contributed by atoms with van der Waals surface area (Å²) in [5.41, 5.74) is 1.10. The molecule has 0 radical (unpaired) electrons. The molecule has 1 aliphatic heterocycles. The molecule has 2 aromatic rings. The number of halogens is 1. The van der Waals surface area contributed by atoms with Crippen molar-refractivity contribution >= 4 is 20.0 Å². The van der Waals surface area contributed by atoms with Crippen LogP contribution in [0, 0.1) is 5.82 Å². The maximum Gasteiger partial charge on any atom is 0.218 e. The first-order valence-electron chi connectivity index (χ1n) is 9.23. The molecule has 0 amide bonds. The van der Waals surface area contributed by atoms with E-state index in [0.29, 0.717) is 24.9 Å². The second kappa shape index (κ2) is 8.86. The summed E-state index contributed by atoms with van der Waals surface area (Å²) in [6.45, 7) is 0.527. The van der Waals surface area contributed by atoms with Crippen molar-refractivity contribution in [3.05, 3.63) is 65.7 Å². The van der Waals surface area contributed by atoms with Crippen molar-refractivity contribution in [1.29, 1.82) is 0 Å². The van der Waals surface area contributed by atoms with Crippen LogP contribution in [0.3, 0.4) is 0 Å². The third-order valence-electron chi connectivity index (χ3n) is 4.89. The maximum atomic E-state index is 13.4. The van der Waals surface area contributed by atoms with Crippen molar-refractivity contribution in [3.63, 3.8) is 0 Å². The van der Waals surface area contributed by atoms with Gasteiger partial charge in [0.05, 0.1) is 12.0 Å². The van der Waals surface area contributed by atoms with E-state index in [2.05, 4.69) is 4.98 Å². The summed E-state index contributed by atoms with van der Waals surface area (Å²) < 4.78 is 66.6. The number of hydrogen-bond donors (Lipinski definition) is 0. The zero-order valence-electron chi connectivity index (χ0n) is 16.1. The van der Waals surface area contributed by atoms with Gasteiger partial charge in [0.25, 0.3) is 0 Å². The van der Waals surface area contributed by atoms with Crippen LogP contribution in [0.1, 0.15) is 24.0 Å². The molecule has 1 fully saturated rings. The number of piperidine rings is 1. The lowest BCUT2D eigenvalue weighted by atomic mass is 10.1. The van der Waals surface area contributed by atoms with E-state index >= 15 is 0 Å². The molecule has 1 unspecified atom stereocenters. The van der Waals surface area contributed by atoms with Crippen LogP contribution < -0.4 is 0 Å². The van der Waals surface area contributed by atoms with Gasteiger partial charge in [-0.15, -0.1) is 0 Å². The molecular formula is C19H24FN3O4S2. The van der Waals surface area contributed by atoms with E-state index in [1.165, 1.54) is 26.8 Å². The summed E-state index contributed by atoms with van der Waals surface area (Å²) in [6.07, 6.45) is 5.45. The topological polar surface area (TPSA) is 87.7 Å². The Morgan fingerprint density at radius 2 is 1.93 bits per heavy atom. The minimum Gasteiger partial charge on any atom is -0.264 e. The zero-order chi connectivity index (χ0) is 21.1. The molecule has 1 saturated heterocycles. The molecule has 158 valence electrons. The number of aromatic nitrogens is 1. The van der Waals surface area contributed by atoms with Crippen LogP contribution in [0.4, 0.5) is 4.39 Å². The van der Waals surface area contributed by atoms with Gasteiger partial charge in [-0.2, -0.15) is 4.31 Å². The number of sulfonamides is 2. The molecule has 0 saturated carbocycles.